The van der Waals surface area contributed by atoms with Crippen molar-refractivity contribution in [1.82, 2.24) is 0 Å². The number of halogens is 3. The van der Waals surface area contributed by atoms with Gasteiger partial charge in [-0.15, -0.1) is 0 Å². The van der Waals surface area contributed by atoms with Crippen molar-refractivity contribution in [3.63, 3.8) is 0 Å². The fraction of sp³-hybridized carbons (Fsp3) is 0.154. The minimum absolute atomic E-state index is 0.00192. The molecule has 0 fully saturated rings. The van der Waals surface area contributed by atoms with Gasteiger partial charge in [-0.25, -0.2) is 4.79 Å². The molecule has 1 N–H and O–H groups in total. The zero-order valence-electron chi connectivity index (χ0n) is 9.57. The van der Waals surface area contributed by atoms with Crippen molar-refractivity contribution in [2.45, 2.75) is 12.3 Å². The van der Waals surface area contributed by atoms with Gasteiger partial charge >= 0.3 is 12.1 Å². The van der Waals surface area contributed by atoms with Crippen LogP contribution in [0.1, 0.15) is 11.1 Å². The smallest absolute Gasteiger partial charge is 0.430 e. The minimum Gasteiger partial charge on any atom is -0.478 e. The molecular formula is C13H9F3O3. The second-order valence-corrected chi connectivity index (χ2v) is 3.95. The highest BCUT2D eigenvalue weighted by Crippen LogP contribution is 2.37. The highest BCUT2D eigenvalue weighted by atomic mass is 19.4. The van der Waals surface area contributed by atoms with Crippen molar-refractivity contribution >= 4 is 18.1 Å². The summed E-state index contributed by atoms with van der Waals surface area (Å²) in [5.74, 6) is -1.66. The second kappa shape index (κ2) is 4.46. The molecule has 0 amide bonds. The van der Waals surface area contributed by atoms with E-state index < -0.39 is 23.8 Å². The average molecular weight is 270 g/mol. The number of hydrogen-bond donors (Lipinski definition) is 1. The lowest BCUT2D eigenvalue weighted by Crippen LogP contribution is -2.40. The molecule has 6 heteroatoms. The maximum absolute atomic E-state index is 12.7. The van der Waals surface area contributed by atoms with Gasteiger partial charge in [-0.05, 0) is 23.8 Å². The highest BCUT2D eigenvalue weighted by Gasteiger charge is 2.48. The Kier molecular flexibility index (Phi) is 3.09. The molecule has 100 valence electrons. The van der Waals surface area contributed by atoms with E-state index in [1.807, 2.05) is 0 Å². The van der Waals surface area contributed by atoms with Gasteiger partial charge in [-0.3, -0.25) is 0 Å². The number of carboxylic acid groups (broad SMARTS) is 1. The number of aliphatic carboxylic acids is 1. The fourth-order valence-electron chi connectivity index (χ4n) is 1.76. The van der Waals surface area contributed by atoms with Gasteiger partial charge in [0.15, 0.2) is 0 Å². The lowest BCUT2D eigenvalue weighted by Gasteiger charge is -2.27. The van der Waals surface area contributed by atoms with Crippen molar-refractivity contribution in [2.75, 3.05) is 0 Å². The van der Waals surface area contributed by atoms with Crippen LogP contribution in [-0.4, -0.2) is 23.4 Å². The number of rotatable bonds is 2. The van der Waals surface area contributed by atoms with Crippen molar-refractivity contribution < 1.29 is 27.8 Å². The van der Waals surface area contributed by atoms with Crippen molar-refractivity contribution in [3.8, 4) is 5.75 Å². The first-order chi connectivity index (χ1) is 8.82. The van der Waals surface area contributed by atoms with Crippen molar-refractivity contribution in [2.24, 2.45) is 0 Å². The maximum atomic E-state index is 12.7. The Bertz CT molecular complexity index is 573. The Hall–Kier alpha value is -2.24. The summed E-state index contributed by atoms with van der Waals surface area (Å²) in [6, 6.07) is 4.41. The van der Waals surface area contributed by atoms with Crippen LogP contribution in [0.25, 0.3) is 12.2 Å². The van der Waals surface area contributed by atoms with E-state index in [0.29, 0.717) is 5.56 Å². The van der Waals surface area contributed by atoms with Gasteiger partial charge in [0.2, 0.25) is 6.10 Å². The molecule has 1 atom stereocenters. The second-order valence-electron chi connectivity index (χ2n) is 3.95. The molecule has 3 nitrogen and oxygen atoms in total. The minimum atomic E-state index is -4.78. The lowest BCUT2D eigenvalue weighted by atomic mass is 9.99. The Morgan fingerprint density at radius 1 is 1.42 bits per heavy atom. The van der Waals surface area contributed by atoms with Gasteiger partial charge in [-0.2, -0.15) is 13.2 Å². The summed E-state index contributed by atoms with van der Waals surface area (Å²) in [5, 5.41) is 8.86. The van der Waals surface area contributed by atoms with E-state index in [0.717, 1.165) is 6.08 Å². The van der Waals surface area contributed by atoms with Crippen LogP contribution in [-0.2, 0) is 4.79 Å². The van der Waals surface area contributed by atoms with Gasteiger partial charge in [0.05, 0.1) is 5.57 Å². The van der Waals surface area contributed by atoms with Crippen LogP contribution in [0.5, 0.6) is 5.75 Å². The van der Waals surface area contributed by atoms with Crippen LogP contribution in [0.3, 0.4) is 0 Å². The highest BCUT2D eigenvalue weighted by molar-refractivity contribution is 5.95. The predicted molar refractivity (Wildman–Crippen MR) is 62.6 cm³/mol. The molecule has 1 aliphatic rings. The topological polar surface area (TPSA) is 46.5 Å². The third kappa shape index (κ3) is 2.47. The summed E-state index contributed by atoms with van der Waals surface area (Å²) in [5.41, 5.74) is 0.116. The van der Waals surface area contributed by atoms with Gasteiger partial charge in [0, 0.05) is 5.56 Å². The molecule has 1 heterocycles. The summed E-state index contributed by atoms with van der Waals surface area (Å²) in [4.78, 5) is 10.9. The number of alkyl halides is 3. The fourth-order valence-corrected chi connectivity index (χ4v) is 1.76. The van der Waals surface area contributed by atoms with Crippen molar-refractivity contribution in [3.05, 3.63) is 41.5 Å². The molecule has 0 aromatic heterocycles. The van der Waals surface area contributed by atoms with Crippen LogP contribution >= 0.6 is 0 Å². The van der Waals surface area contributed by atoms with Gasteiger partial charge in [-0.1, -0.05) is 18.7 Å². The van der Waals surface area contributed by atoms with Crippen LogP contribution < -0.4 is 4.74 Å². The van der Waals surface area contributed by atoms with E-state index in [2.05, 4.69) is 6.58 Å². The molecule has 0 bridgehead atoms. The first-order valence-corrected chi connectivity index (χ1v) is 5.27. The quantitative estimate of drug-likeness (QED) is 0.898. The summed E-state index contributed by atoms with van der Waals surface area (Å²) in [6.07, 6.45) is -4.75. The molecule has 0 spiro atoms. The molecule has 0 aliphatic carbocycles. The summed E-state index contributed by atoms with van der Waals surface area (Å²) < 4.78 is 43.0. The Morgan fingerprint density at radius 2 is 2.11 bits per heavy atom. The Balaban J connectivity index is 2.54. The van der Waals surface area contributed by atoms with Gasteiger partial charge in [0.1, 0.15) is 5.75 Å². The monoisotopic (exact) mass is 270 g/mol. The van der Waals surface area contributed by atoms with Gasteiger partial charge in [0.25, 0.3) is 0 Å². The van der Waals surface area contributed by atoms with Crippen LogP contribution in [0.2, 0.25) is 0 Å². The zero-order valence-corrected chi connectivity index (χ0v) is 9.57. The third-order valence-electron chi connectivity index (χ3n) is 2.65. The normalized spacial score (nSPS) is 18.1. The number of benzene rings is 1. The first kappa shape index (κ1) is 13.2. The maximum Gasteiger partial charge on any atom is 0.430 e. The van der Waals surface area contributed by atoms with Gasteiger partial charge < -0.3 is 9.84 Å². The van der Waals surface area contributed by atoms with E-state index >= 15 is 0 Å². The van der Waals surface area contributed by atoms with E-state index in [9.17, 15) is 18.0 Å². The van der Waals surface area contributed by atoms with Crippen LogP contribution in [0, 0.1) is 0 Å². The molecule has 2 rings (SSSR count). The van der Waals surface area contributed by atoms with E-state index in [4.69, 9.17) is 9.84 Å². The molecule has 1 aromatic carbocycles. The predicted octanol–water partition coefficient (Wildman–Crippen LogP) is 3.12. The standard InChI is InChI=1S/C13H9F3O3/c1-2-7-3-4-10-8(5-7)6-9(12(17)18)11(19-10)13(14,15)16/h2-6,11H,1H2,(H,17,18). The molecule has 1 aromatic rings. The molecule has 19 heavy (non-hydrogen) atoms. The Morgan fingerprint density at radius 3 is 2.63 bits per heavy atom. The Labute approximate surface area is 106 Å². The summed E-state index contributed by atoms with van der Waals surface area (Å²) >= 11 is 0. The number of hydrogen-bond acceptors (Lipinski definition) is 2. The number of fused-ring (bicyclic) bond motifs is 1. The van der Waals surface area contributed by atoms with Crippen LogP contribution in [0.15, 0.2) is 30.4 Å². The molecule has 1 unspecified atom stereocenters. The summed E-state index contributed by atoms with van der Waals surface area (Å²) in [7, 11) is 0. The van der Waals surface area contributed by atoms with Crippen LogP contribution in [0.4, 0.5) is 13.2 Å². The molecular weight excluding hydrogens is 261 g/mol. The lowest BCUT2D eigenvalue weighted by molar-refractivity contribution is -0.187. The largest absolute Gasteiger partial charge is 0.478 e. The van der Waals surface area contributed by atoms with E-state index in [-0.39, 0.29) is 11.3 Å². The molecule has 0 saturated heterocycles. The first-order valence-electron chi connectivity index (χ1n) is 5.27. The molecule has 1 aliphatic heterocycles. The molecule has 0 radical (unpaired) electrons. The van der Waals surface area contributed by atoms with E-state index in [1.165, 1.54) is 18.2 Å². The number of ether oxygens (including phenoxy) is 1. The summed E-state index contributed by atoms with van der Waals surface area (Å²) in [6.45, 7) is 3.53. The molecule has 0 saturated carbocycles. The number of carbonyl (C=O) groups is 1. The zero-order chi connectivity index (χ0) is 14.2. The number of carboxylic acids is 1. The van der Waals surface area contributed by atoms with Crippen molar-refractivity contribution in [1.29, 1.82) is 0 Å². The SMILES string of the molecule is C=Cc1ccc2c(c1)C=C(C(=O)O)C(C(F)(F)F)O2. The third-order valence-corrected chi connectivity index (χ3v) is 2.65. The average Bonchev–Trinajstić information content (AvgIpc) is 2.35. The van der Waals surface area contributed by atoms with E-state index in [1.54, 1.807) is 6.07 Å².